The lowest BCUT2D eigenvalue weighted by Gasteiger charge is -2.35. The molecule has 0 radical (unpaired) electrons. The van der Waals surface area contributed by atoms with E-state index in [-0.39, 0.29) is 29.7 Å². The molecule has 1 aliphatic rings. The molecular weight excluding hydrogens is 295 g/mol. The Balaban J connectivity index is 2.03. The number of benzene rings is 1. The van der Waals surface area contributed by atoms with Crippen molar-refractivity contribution in [3.8, 4) is 5.69 Å². The number of rotatable bonds is 3. The Labute approximate surface area is 134 Å². The SMILES string of the molecule is CC1(C)Cc2c(cnn2-c2cccc(F)c2)[C@@H](NC(=O)CN)C1. The van der Waals surface area contributed by atoms with Crippen LogP contribution in [0.1, 0.15) is 37.6 Å². The Morgan fingerprint density at radius 2 is 2.30 bits per heavy atom. The zero-order valence-corrected chi connectivity index (χ0v) is 13.3. The maximum atomic E-state index is 13.5. The van der Waals surface area contributed by atoms with Crippen LogP contribution in [0.5, 0.6) is 0 Å². The highest BCUT2D eigenvalue weighted by atomic mass is 19.1. The van der Waals surface area contributed by atoms with Crippen molar-refractivity contribution in [1.29, 1.82) is 0 Å². The molecule has 1 heterocycles. The van der Waals surface area contributed by atoms with Crippen molar-refractivity contribution in [2.24, 2.45) is 11.1 Å². The van der Waals surface area contributed by atoms with Gasteiger partial charge in [-0.3, -0.25) is 4.79 Å². The molecule has 1 aliphatic carbocycles. The van der Waals surface area contributed by atoms with Crippen LogP contribution in [0.3, 0.4) is 0 Å². The number of aromatic nitrogens is 2. The van der Waals surface area contributed by atoms with Crippen LogP contribution in [-0.2, 0) is 11.2 Å². The Morgan fingerprint density at radius 3 is 3.00 bits per heavy atom. The predicted molar refractivity (Wildman–Crippen MR) is 85.6 cm³/mol. The number of nitrogens with one attached hydrogen (secondary N) is 1. The van der Waals surface area contributed by atoms with E-state index >= 15 is 0 Å². The maximum absolute atomic E-state index is 13.5. The lowest BCUT2D eigenvalue weighted by Crippen LogP contribution is -2.39. The fourth-order valence-electron chi connectivity index (χ4n) is 3.25. The normalized spacial score (nSPS) is 19.2. The largest absolute Gasteiger partial charge is 0.348 e. The second-order valence-corrected chi connectivity index (χ2v) is 6.81. The molecule has 1 atom stereocenters. The van der Waals surface area contributed by atoms with E-state index in [0.717, 1.165) is 24.1 Å². The number of carbonyl (C=O) groups is 1. The average molecular weight is 316 g/mol. The van der Waals surface area contributed by atoms with E-state index in [0.29, 0.717) is 5.69 Å². The predicted octanol–water partition coefficient (Wildman–Crippen LogP) is 2.10. The third-order valence-electron chi connectivity index (χ3n) is 4.25. The summed E-state index contributed by atoms with van der Waals surface area (Å²) in [6.07, 6.45) is 3.39. The summed E-state index contributed by atoms with van der Waals surface area (Å²) in [5, 5.41) is 7.39. The molecule has 0 aliphatic heterocycles. The molecule has 5 nitrogen and oxygen atoms in total. The molecule has 0 saturated heterocycles. The summed E-state index contributed by atoms with van der Waals surface area (Å²) in [5.41, 5.74) is 8.10. The molecule has 0 fully saturated rings. The monoisotopic (exact) mass is 316 g/mol. The highest BCUT2D eigenvalue weighted by molar-refractivity contribution is 5.78. The quantitative estimate of drug-likeness (QED) is 0.911. The Bertz CT molecular complexity index is 738. The first-order chi connectivity index (χ1) is 10.9. The number of halogens is 1. The van der Waals surface area contributed by atoms with Crippen molar-refractivity contribution in [3.63, 3.8) is 0 Å². The smallest absolute Gasteiger partial charge is 0.234 e. The van der Waals surface area contributed by atoms with E-state index in [2.05, 4.69) is 24.3 Å². The van der Waals surface area contributed by atoms with Crippen LogP contribution in [0, 0.1) is 11.2 Å². The minimum atomic E-state index is -0.296. The summed E-state index contributed by atoms with van der Waals surface area (Å²) in [6, 6.07) is 6.24. The fraction of sp³-hybridized carbons (Fsp3) is 0.412. The fourth-order valence-corrected chi connectivity index (χ4v) is 3.25. The maximum Gasteiger partial charge on any atom is 0.234 e. The highest BCUT2D eigenvalue weighted by Crippen LogP contribution is 2.41. The molecule has 23 heavy (non-hydrogen) atoms. The number of nitrogens with zero attached hydrogens (tertiary/aromatic N) is 2. The van der Waals surface area contributed by atoms with E-state index in [4.69, 9.17) is 5.73 Å². The first-order valence-electron chi connectivity index (χ1n) is 7.72. The lowest BCUT2D eigenvalue weighted by molar-refractivity contribution is -0.120. The van der Waals surface area contributed by atoms with Gasteiger partial charge in [0, 0.05) is 5.56 Å². The first-order valence-corrected chi connectivity index (χ1v) is 7.72. The molecule has 1 amide bonds. The van der Waals surface area contributed by atoms with Crippen LogP contribution in [0.25, 0.3) is 5.69 Å². The van der Waals surface area contributed by atoms with Gasteiger partial charge < -0.3 is 11.1 Å². The molecule has 0 bridgehead atoms. The third kappa shape index (κ3) is 3.12. The van der Waals surface area contributed by atoms with Gasteiger partial charge in [0.25, 0.3) is 0 Å². The van der Waals surface area contributed by atoms with Gasteiger partial charge in [-0.05, 0) is 36.5 Å². The van der Waals surface area contributed by atoms with Crippen LogP contribution >= 0.6 is 0 Å². The molecule has 1 aromatic carbocycles. The van der Waals surface area contributed by atoms with Crippen LogP contribution in [0.2, 0.25) is 0 Å². The van der Waals surface area contributed by atoms with Gasteiger partial charge in [-0.1, -0.05) is 19.9 Å². The average Bonchev–Trinajstić information content (AvgIpc) is 2.89. The molecule has 6 heteroatoms. The standard InChI is InChI=1S/C17H21FN4O/c1-17(2)7-14(21-16(23)9-19)13-10-20-22(15(13)8-17)12-5-3-4-11(18)6-12/h3-6,10,14H,7-9,19H2,1-2H3,(H,21,23)/t14-/m0/s1. The Hall–Kier alpha value is -2.21. The number of hydrogen-bond acceptors (Lipinski definition) is 3. The summed E-state index contributed by atoms with van der Waals surface area (Å²) in [5.74, 6) is -0.480. The van der Waals surface area contributed by atoms with Crippen molar-refractivity contribution in [2.75, 3.05) is 6.54 Å². The summed E-state index contributed by atoms with van der Waals surface area (Å²) < 4.78 is 15.3. The van der Waals surface area contributed by atoms with Crippen LogP contribution in [0.4, 0.5) is 4.39 Å². The van der Waals surface area contributed by atoms with Gasteiger partial charge in [-0.25, -0.2) is 9.07 Å². The second kappa shape index (κ2) is 5.77. The Morgan fingerprint density at radius 1 is 1.52 bits per heavy atom. The van der Waals surface area contributed by atoms with Gasteiger partial charge in [0.15, 0.2) is 0 Å². The van der Waals surface area contributed by atoms with Crippen molar-refractivity contribution in [2.45, 2.75) is 32.7 Å². The molecule has 0 unspecified atom stereocenters. The van der Waals surface area contributed by atoms with Gasteiger partial charge in [-0.15, -0.1) is 0 Å². The van der Waals surface area contributed by atoms with E-state index in [1.165, 1.54) is 12.1 Å². The van der Waals surface area contributed by atoms with Gasteiger partial charge in [0.1, 0.15) is 5.82 Å². The van der Waals surface area contributed by atoms with Crippen LogP contribution < -0.4 is 11.1 Å². The van der Waals surface area contributed by atoms with Crippen LogP contribution in [0.15, 0.2) is 30.5 Å². The summed E-state index contributed by atoms with van der Waals surface area (Å²) in [6.45, 7) is 4.27. The second-order valence-electron chi connectivity index (χ2n) is 6.81. The van der Waals surface area contributed by atoms with Gasteiger partial charge >= 0.3 is 0 Å². The number of amides is 1. The first kappa shape index (κ1) is 15.7. The van der Waals surface area contributed by atoms with Gasteiger partial charge in [0.2, 0.25) is 5.91 Å². The molecule has 2 aromatic rings. The molecule has 0 saturated carbocycles. The van der Waals surface area contributed by atoms with Crippen molar-refractivity contribution in [1.82, 2.24) is 15.1 Å². The van der Waals surface area contributed by atoms with Gasteiger partial charge in [0.05, 0.1) is 30.2 Å². The third-order valence-corrected chi connectivity index (χ3v) is 4.25. The van der Waals surface area contributed by atoms with Crippen molar-refractivity contribution in [3.05, 3.63) is 47.5 Å². The van der Waals surface area contributed by atoms with E-state index in [1.54, 1.807) is 16.9 Å². The molecule has 3 N–H and O–H groups in total. The van der Waals surface area contributed by atoms with Crippen molar-refractivity contribution >= 4 is 5.91 Å². The summed E-state index contributed by atoms with van der Waals surface area (Å²) >= 11 is 0. The topological polar surface area (TPSA) is 72.9 Å². The van der Waals surface area contributed by atoms with Crippen molar-refractivity contribution < 1.29 is 9.18 Å². The zero-order chi connectivity index (χ0) is 16.6. The number of hydrogen-bond donors (Lipinski definition) is 2. The minimum absolute atomic E-state index is 0.00462. The molecule has 3 rings (SSSR count). The van der Waals surface area contributed by atoms with E-state index in [9.17, 15) is 9.18 Å². The number of fused-ring (bicyclic) bond motifs is 1. The summed E-state index contributed by atoms with van der Waals surface area (Å²) in [4.78, 5) is 11.7. The highest BCUT2D eigenvalue weighted by Gasteiger charge is 2.35. The zero-order valence-electron chi connectivity index (χ0n) is 13.3. The molecular formula is C17H21FN4O. The number of carbonyl (C=O) groups excluding carboxylic acids is 1. The summed E-state index contributed by atoms with van der Waals surface area (Å²) in [7, 11) is 0. The van der Waals surface area contributed by atoms with Gasteiger partial charge in [-0.2, -0.15) is 5.10 Å². The van der Waals surface area contributed by atoms with E-state index < -0.39 is 0 Å². The molecule has 0 spiro atoms. The van der Waals surface area contributed by atoms with Crippen LogP contribution in [-0.4, -0.2) is 22.2 Å². The lowest BCUT2D eigenvalue weighted by atomic mass is 9.74. The molecule has 1 aromatic heterocycles. The molecule has 122 valence electrons. The Kier molecular flexibility index (Phi) is 3.93. The van der Waals surface area contributed by atoms with E-state index in [1.807, 2.05) is 6.07 Å². The number of nitrogens with two attached hydrogens (primary N) is 1. The minimum Gasteiger partial charge on any atom is -0.348 e.